The minimum absolute atomic E-state index is 0.194. The Balaban J connectivity index is 2.46. The third kappa shape index (κ3) is 0.914. The number of nitrogens with zero attached hydrogens (tertiary/aromatic N) is 1. The van der Waals surface area contributed by atoms with Crippen molar-refractivity contribution in [3.8, 4) is 0 Å². The second-order valence-electron chi connectivity index (χ2n) is 3.53. The number of aromatic amines is 1. The van der Waals surface area contributed by atoms with Crippen LogP contribution in [-0.2, 0) is 0 Å². The van der Waals surface area contributed by atoms with E-state index in [9.17, 15) is 0 Å². The summed E-state index contributed by atoms with van der Waals surface area (Å²) < 4.78 is 0. The molecule has 6 N–H and O–H groups in total. The van der Waals surface area contributed by atoms with Crippen LogP contribution in [0.4, 0.5) is 5.69 Å². The molecular formula is C10H9N5. The van der Waals surface area contributed by atoms with E-state index >= 15 is 0 Å². The molecule has 0 aliphatic carbocycles. The van der Waals surface area contributed by atoms with E-state index in [0.29, 0.717) is 11.5 Å². The van der Waals surface area contributed by atoms with Gasteiger partial charge >= 0.3 is 0 Å². The van der Waals surface area contributed by atoms with Crippen LogP contribution in [0.1, 0.15) is 11.3 Å². The fraction of sp³-hybridized carbons (Fsp3) is 0. The molecule has 0 amide bonds. The number of aromatic nitrogens is 1. The Labute approximate surface area is 85.3 Å². The topological polar surface area (TPSA) is 104 Å². The van der Waals surface area contributed by atoms with Crippen molar-refractivity contribution in [3.63, 3.8) is 0 Å². The average Bonchev–Trinajstić information content (AvgIpc) is 2.67. The molecule has 1 aromatic heterocycles. The number of anilines is 1. The number of rotatable bonds is 0. The van der Waals surface area contributed by atoms with Crippen molar-refractivity contribution in [2.24, 2.45) is 10.7 Å². The molecule has 0 spiro atoms. The molecule has 0 fully saturated rings. The maximum atomic E-state index is 7.70. The lowest BCUT2D eigenvalue weighted by molar-refractivity contribution is 1.41. The van der Waals surface area contributed by atoms with E-state index in [-0.39, 0.29) is 5.84 Å². The monoisotopic (exact) mass is 199 g/mol. The van der Waals surface area contributed by atoms with Gasteiger partial charge in [-0.15, -0.1) is 0 Å². The standard InChI is InChI=1S/C10H9N5/c11-4-1-2-6-5(3-4)7-8(14-6)10(13)15-9(7)12/h1-3,14H,11H2,(H3,12,13,15). The number of benzene rings is 1. The molecule has 0 radical (unpaired) electrons. The number of nitrogen functional groups attached to an aromatic ring is 1. The Morgan fingerprint density at radius 3 is 2.87 bits per heavy atom. The van der Waals surface area contributed by atoms with Gasteiger partial charge in [0.15, 0.2) is 11.7 Å². The Morgan fingerprint density at radius 1 is 1.27 bits per heavy atom. The fourth-order valence-electron chi connectivity index (χ4n) is 1.88. The van der Waals surface area contributed by atoms with Crippen molar-refractivity contribution in [3.05, 3.63) is 29.5 Å². The number of nitrogens with two attached hydrogens (primary N) is 2. The summed E-state index contributed by atoms with van der Waals surface area (Å²) >= 11 is 0. The van der Waals surface area contributed by atoms with Gasteiger partial charge in [-0.05, 0) is 18.2 Å². The number of hydrogen-bond acceptors (Lipinski definition) is 3. The summed E-state index contributed by atoms with van der Waals surface area (Å²) in [6.45, 7) is 0. The molecule has 1 aliphatic heterocycles. The van der Waals surface area contributed by atoms with Crippen LogP contribution in [0.15, 0.2) is 23.2 Å². The highest BCUT2D eigenvalue weighted by molar-refractivity contribution is 6.26. The molecule has 0 bridgehead atoms. The first kappa shape index (κ1) is 8.05. The quantitative estimate of drug-likeness (QED) is 0.471. The van der Waals surface area contributed by atoms with E-state index < -0.39 is 0 Å². The first-order valence-corrected chi connectivity index (χ1v) is 4.51. The van der Waals surface area contributed by atoms with Gasteiger partial charge in [-0.1, -0.05) is 0 Å². The maximum Gasteiger partial charge on any atom is 0.157 e. The van der Waals surface area contributed by atoms with Gasteiger partial charge in [-0.2, -0.15) is 0 Å². The van der Waals surface area contributed by atoms with E-state index in [2.05, 4.69) is 9.98 Å². The van der Waals surface area contributed by atoms with Crippen LogP contribution in [0.2, 0.25) is 0 Å². The molecule has 0 saturated heterocycles. The summed E-state index contributed by atoms with van der Waals surface area (Å²) in [5, 5.41) is 8.60. The van der Waals surface area contributed by atoms with E-state index in [4.69, 9.17) is 16.9 Å². The number of hydrogen-bond donors (Lipinski definition) is 4. The predicted molar refractivity (Wildman–Crippen MR) is 60.3 cm³/mol. The van der Waals surface area contributed by atoms with Crippen molar-refractivity contribution in [2.75, 3.05) is 5.73 Å². The van der Waals surface area contributed by atoms with Crippen LogP contribution in [0.3, 0.4) is 0 Å². The van der Waals surface area contributed by atoms with Crippen molar-refractivity contribution < 1.29 is 0 Å². The van der Waals surface area contributed by atoms with E-state index in [1.165, 1.54) is 0 Å². The molecule has 5 heteroatoms. The Bertz CT molecular complexity index is 620. The molecule has 2 aromatic rings. The molecule has 0 unspecified atom stereocenters. The highest BCUT2D eigenvalue weighted by Crippen LogP contribution is 2.28. The van der Waals surface area contributed by atoms with Gasteiger partial charge in [-0.25, -0.2) is 4.99 Å². The molecule has 0 saturated carbocycles. The fourth-order valence-corrected chi connectivity index (χ4v) is 1.88. The van der Waals surface area contributed by atoms with Crippen LogP contribution >= 0.6 is 0 Å². The van der Waals surface area contributed by atoms with Gasteiger partial charge in [0, 0.05) is 16.6 Å². The molecule has 1 aromatic carbocycles. The molecule has 0 atom stereocenters. The zero-order valence-corrected chi connectivity index (χ0v) is 7.83. The number of nitrogens with one attached hydrogen (secondary N) is 2. The summed E-state index contributed by atoms with van der Waals surface area (Å²) in [5.41, 5.74) is 14.5. The lowest BCUT2D eigenvalue weighted by Gasteiger charge is -1.95. The summed E-state index contributed by atoms with van der Waals surface area (Å²) in [6, 6.07) is 5.52. The van der Waals surface area contributed by atoms with Crippen molar-refractivity contribution in [1.82, 2.24) is 4.98 Å². The van der Waals surface area contributed by atoms with E-state index in [1.807, 2.05) is 18.2 Å². The Hall–Kier alpha value is -2.30. The lowest BCUT2D eigenvalue weighted by atomic mass is 10.1. The van der Waals surface area contributed by atoms with E-state index in [0.717, 1.165) is 22.2 Å². The number of fused-ring (bicyclic) bond motifs is 3. The smallest absolute Gasteiger partial charge is 0.157 e. The maximum absolute atomic E-state index is 7.70. The van der Waals surface area contributed by atoms with Gasteiger partial charge in [0.1, 0.15) is 0 Å². The minimum Gasteiger partial charge on any atom is -0.399 e. The zero-order valence-electron chi connectivity index (χ0n) is 7.83. The van der Waals surface area contributed by atoms with Crippen LogP contribution in [0.5, 0.6) is 0 Å². The molecular weight excluding hydrogens is 190 g/mol. The third-order valence-electron chi connectivity index (χ3n) is 2.55. The van der Waals surface area contributed by atoms with Gasteiger partial charge in [0.2, 0.25) is 0 Å². The van der Waals surface area contributed by atoms with Crippen LogP contribution in [-0.4, -0.2) is 16.7 Å². The molecule has 5 nitrogen and oxygen atoms in total. The Kier molecular flexibility index (Phi) is 1.28. The summed E-state index contributed by atoms with van der Waals surface area (Å²) in [5.74, 6) is 0.559. The SMILES string of the molecule is N=C1N=C(N)c2[nH]c3ccc(N)cc3c21. The van der Waals surface area contributed by atoms with Gasteiger partial charge < -0.3 is 16.5 Å². The van der Waals surface area contributed by atoms with Crippen LogP contribution in [0, 0.1) is 5.41 Å². The molecule has 3 rings (SSSR count). The minimum atomic E-state index is 0.194. The highest BCUT2D eigenvalue weighted by atomic mass is 15.0. The second kappa shape index (κ2) is 2.38. The van der Waals surface area contributed by atoms with Crippen molar-refractivity contribution >= 4 is 28.3 Å². The van der Waals surface area contributed by atoms with Gasteiger partial charge in [0.25, 0.3) is 0 Å². The molecule has 2 heterocycles. The second-order valence-corrected chi connectivity index (χ2v) is 3.53. The Morgan fingerprint density at radius 2 is 2.07 bits per heavy atom. The van der Waals surface area contributed by atoms with Gasteiger partial charge in [-0.3, -0.25) is 5.41 Å². The predicted octanol–water partition coefficient (Wildman–Crippen LogP) is 0.794. The third-order valence-corrected chi connectivity index (χ3v) is 2.55. The van der Waals surface area contributed by atoms with Crippen LogP contribution < -0.4 is 11.5 Å². The normalized spacial score (nSPS) is 14.4. The summed E-state index contributed by atoms with van der Waals surface area (Å²) in [6.07, 6.45) is 0. The first-order chi connectivity index (χ1) is 7.16. The molecule has 74 valence electrons. The first-order valence-electron chi connectivity index (χ1n) is 4.51. The van der Waals surface area contributed by atoms with Crippen molar-refractivity contribution in [1.29, 1.82) is 5.41 Å². The van der Waals surface area contributed by atoms with Gasteiger partial charge in [0.05, 0.1) is 11.3 Å². The zero-order chi connectivity index (χ0) is 10.6. The summed E-state index contributed by atoms with van der Waals surface area (Å²) in [4.78, 5) is 7.03. The molecule has 1 aliphatic rings. The number of H-pyrrole nitrogens is 1. The average molecular weight is 199 g/mol. The van der Waals surface area contributed by atoms with E-state index in [1.54, 1.807) is 0 Å². The lowest BCUT2D eigenvalue weighted by Crippen LogP contribution is -2.10. The van der Waals surface area contributed by atoms with Crippen LogP contribution in [0.25, 0.3) is 10.9 Å². The molecule has 15 heavy (non-hydrogen) atoms. The summed E-state index contributed by atoms with van der Waals surface area (Å²) in [7, 11) is 0. The highest BCUT2D eigenvalue weighted by Gasteiger charge is 2.23. The largest absolute Gasteiger partial charge is 0.399 e. The van der Waals surface area contributed by atoms with Crippen molar-refractivity contribution in [2.45, 2.75) is 0 Å². The number of aliphatic imine (C=N–C) groups is 1. The number of amidine groups is 2.